The van der Waals surface area contributed by atoms with Crippen molar-refractivity contribution in [3.8, 4) is 11.5 Å². The molecule has 0 bridgehead atoms. The molecule has 1 unspecified atom stereocenters. The Kier molecular flexibility index (Phi) is 4.06. The molecule has 2 aromatic rings. The maximum Gasteiger partial charge on any atom is 0.127 e. The summed E-state index contributed by atoms with van der Waals surface area (Å²) in [6.07, 6.45) is 1.92. The van der Waals surface area contributed by atoms with E-state index in [9.17, 15) is 0 Å². The maximum absolute atomic E-state index is 5.44. The third kappa shape index (κ3) is 2.56. The maximum atomic E-state index is 5.44. The van der Waals surface area contributed by atoms with Crippen LogP contribution in [0.5, 0.6) is 11.5 Å². The lowest BCUT2D eigenvalue weighted by atomic mass is 10.0. The Morgan fingerprint density at radius 2 is 1.79 bits per heavy atom. The van der Waals surface area contributed by atoms with Gasteiger partial charge in [-0.3, -0.25) is 4.68 Å². The van der Waals surface area contributed by atoms with Gasteiger partial charge in [-0.15, -0.1) is 0 Å². The van der Waals surface area contributed by atoms with Gasteiger partial charge in [0.05, 0.1) is 31.5 Å². The van der Waals surface area contributed by atoms with Crippen molar-refractivity contribution in [3.05, 3.63) is 41.7 Å². The molecule has 1 aromatic carbocycles. The molecule has 0 fully saturated rings. The lowest BCUT2D eigenvalue weighted by molar-refractivity contribution is 0.378. The van der Waals surface area contributed by atoms with Crippen LogP contribution >= 0.6 is 0 Å². The van der Waals surface area contributed by atoms with Crippen LogP contribution in [-0.2, 0) is 7.05 Å². The van der Waals surface area contributed by atoms with Gasteiger partial charge in [-0.1, -0.05) is 6.07 Å². The van der Waals surface area contributed by atoms with E-state index in [4.69, 9.17) is 9.47 Å². The second kappa shape index (κ2) is 5.75. The highest BCUT2D eigenvalue weighted by atomic mass is 16.5. The Morgan fingerprint density at radius 3 is 2.21 bits per heavy atom. The number of methoxy groups -OCH3 is 2. The predicted octanol–water partition coefficient (Wildman–Crippen LogP) is 1.75. The first-order valence-corrected chi connectivity index (χ1v) is 6.09. The van der Waals surface area contributed by atoms with Crippen molar-refractivity contribution >= 4 is 0 Å². The van der Waals surface area contributed by atoms with Crippen LogP contribution in [0.1, 0.15) is 17.3 Å². The molecule has 19 heavy (non-hydrogen) atoms. The van der Waals surface area contributed by atoms with Gasteiger partial charge < -0.3 is 14.8 Å². The van der Waals surface area contributed by atoms with E-state index in [1.165, 1.54) is 0 Å². The SMILES string of the molecule is CNC(c1ccn(C)n1)c1c(OC)cccc1OC. The summed E-state index contributed by atoms with van der Waals surface area (Å²) in [5.41, 5.74) is 1.88. The second-order valence-corrected chi connectivity index (χ2v) is 4.21. The predicted molar refractivity (Wildman–Crippen MR) is 73.7 cm³/mol. The smallest absolute Gasteiger partial charge is 0.127 e. The number of aromatic nitrogens is 2. The zero-order valence-corrected chi connectivity index (χ0v) is 11.7. The Morgan fingerprint density at radius 1 is 1.16 bits per heavy atom. The molecular weight excluding hydrogens is 242 g/mol. The van der Waals surface area contributed by atoms with Gasteiger partial charge in [0.2, 0.25) is 0 Å². The first kappa shape index (κ1) is 13.4. The van der Waals surface area contributed by atoms with Crippen LogP contribution in [0.4, 0.5) is 0 Å². The molecule has 0 radical (unpaired) electrons. The summed E-state index contributed by atoms with van der Waals surface area (Å²) >= 11 is 0. The molecule has 1 N–H and O–H groups in total. The highest BCUT2D eigenvalue weighted by Gasteiger charge is 2.22. The molecule has 0 aliphatic rings. The Labute approximate surface area is 113 Å². The molecule has 5 nitrogen and oxygen atoms in total. The van der Waals surface area contributed by atoms with E-state index in [2.05, 4.69) is 10.4 Å². The highest BCUT2D eigenvalue weighted by molar-refractivity contribution is 5.49. The Balaban J connectivity index is 2.53. The van der Waals surface area contributed by atoms with Gasteiger partial charge >= 0.3 is 0 Å². The zero-order valence-electron chi connectivity index (χ0n) is 11.7. The van der Waals surface area contributed by atoms with E-state index in [-0.39, 0.29) is 6.04 Å². The number of ether oxygens (including phenoxy) is 2. The third-order valence-electron chi connectivity index (χ3n) is 3.07. The summed E-state index contributed by atoms with van der Waals surface area (Å²) in [6.45, 7) is 0. The normalized spacial score (nSPS) is 12.2. The van der Waals surface area contributed by atoms with Crippen molar-refractivity contribution in [2.45, 2.75) is 6.04 Å². The average Bonchev–Trinajstić information content (AvgIpc) is 2.86. The van der Waals surface area contributed by atoms with E-state index < -0.39 is 0 Å². The van der Waals surface area contributed by atoms with Gasteiger partial charge in [-0.2, -0.15) is 5.10 Å². The first-order chi connectivity index (χ1) is 9.21. The summed E-state index contributed by atoms with van der Waals surface area (Å²) in [7, 11) is 7.10. The van der Waals surface area contributed by atoms with Crippen molar-refractivity contribution < 1.29 is 9.47 Å². The van der Waals surface area contributed by atoms with Crippen molar-refractivity contribution in [2.24, 2.45) is 7.05 Å². The van der Waals surface area contributed by atoms with E-state index in [1.807, 2.05) is 44.6 Å². The summed E-state index contributed by atoms with van der Waals surface area (Å²) in [5.74, 6) is 1.56. The minimum absolute atomic E-state index is 0.0766. The largest absolute Gasteiger partial charge is 0.496 e. The molecule has 1 atom stereocenters. The third-order valence-corrected chi connectivity index (χ3v) is 3.07. The van der Waals surface area contributed by atoms with Crippen LogP contribution in [0.25, 0.3) is 0 Å². The van der Waals surface area contributed by atoms with Crippen LogP contribution in [0.2, 0.25) is 0 Å². The molecule has 102 valence electrons. The van der Waals surface area contributed by atoms with E-state index >= 15 is 0 Å². The molecular formula is C14H19N3O2. The molecule has 0 spiro atoms. The molecule has 5 heteroatoms. The van der Waals surface area contributed by atoms with Crippen molar-refractivity contribution in [2.75, 3.05) is 21.3 Å². The van der Waals surface area contributed by atoms with Gasteiger partial charge in [-0.05, 0) is 25.2 Å². The second-order valence-electron chi connectivity index (χ2n) is 4.21. The minimum Gasteiger partial charge on any atom is -0.496 e. The Hall–Kier alpha value is -2.01. The van der Waals surface area contributed by atoms with Crippen LogP contribution < -0.4 is 14.8 Å². The van der Waals surface area contributed by atoms with E-state index in [1.54, 1.807) is 18.9 Å². The van der Waals surface area contributed by atoms with Crippen molar-refractivity contribution in [1.29, 1.82) is 0 Å². The lowest BCUT2D eigenvalue weighted by Gasteiger charge is -2.20. The number of benzene rings is 1. The van der Waals surface area contributed by atoms with Crippen LogP contribution in [0.15, 0.2) is 30.5 Å². The van der Waals surface area contributed by atoms with Crippen molar-refractivity contribution in [3.63, 3.8) is 0 Å². The first-order valence-electron chi connectivity index (χ1n) is 6.09. The molecule has 0 amide bonds. The number of hydrogen-bond acceptors (Lipinski definition) is 4. The molecule has 1 aromatic heterocycles. The van der Waals surface area contributed by atoms with Gasteiger partial charge in [0.15, 0.2) is 0 Å². The van der Waals surface area contributed by atoms with Gasteiger partial charge in [0.25, 0.3) is 0 Å². The topological polar surface area (TPSA) is 48.3 Å². The number of hydrogen-bond donors (Lipinski definition) is 1. The van der Waals surface area contributed by atoms with Crippen LogP contribution in [0, 0.1) is 0 Å². The molecule has 0 aliphatic carbocycles. The van der Waals surface area contributed by atoms with Crippen molar-refractivity contribution in [1.82, 2.24) is 15.1 Å². The number of nitrogens with zero attached hydrogens (tertiary/aromatic N) is 2. The van der Waals surface area contributed by atoms with Gasteiger partial charge in [-0.25, -0.2) is 0 Å². The lowest BCUT2D eigenvalue weighted by Crippen LogP contribution is -2.20. The van der Waals surface area contributed by atoms with Crippen LogP contribution in [0.3, 0.4) is 0 Å². The summed E-state index contributed by atoms with van der Waals surface area (Å²) < 4.78 is 12.7. The standard InChI is InChI=1S/C14H19N3O2/c1-15-14(10-8-9-17(2)16-10)13-11(18-3)6-5-7-12(13)19-4/h5-9,14-15H,1-4H3. The Bertz CT molecular complexity index is 529. The quantitative estimate of drug-likeness (QED) is 0.890. The van der Waals surface area contributed by atoms with Crippen LogP contribution in [-0.4, -0.2) is 31.0 Å². The van der Waals surface area contributed by atoms with E-state index in [0.29, 0.717) is 0 Å². The average molecular weight is 261 g/mol. The minimum atomic E-state index is -0.0766. The molecule has 0 saturated heterocycles. The highest BCUT2D eigenvalue weighted by Crippen LogP contribution is 2.36. The summed E-state index contributed by atoms with van der Waals surface area (Å²) in [5, 5.41) is 7.71. The zero-order chi connectivity index (χ0) is 13.8. The number of rotatable bonds is 5. The number of aryl methyl sites for hydroxylation is 1. The van der Waals surface area contributed by atoms with Gasteiger partial charge in [0.1, 0.15) is 11.5 Å². The molecule has 0 aliphatic heterocycles. The molecule has 1 heterocycles. The fourth-order valence-electron chi connectivity index (χ4n) is 2.19. The molecule has 2 rings (SSSR count). The molecule has 0 saturated carbocycles. The fraction of sp³-hybridized carbons (Fsp3) is 0.357. The number of nitrogens with one attached hydrogen (secondary N) is 1. The summed E-state index contributed by atoms with van der Waals surface area (Å²) in [4.78, 5) is 0. The fourth-order valence-corrected chi connectivity index (χ4v) is 2.19. The van der Waals surface area contributed by atoms with E-state index in [0.717, 1.165) is 22.8 Å². The van der Waals surface area contributed by atoms with Gasteiger partial charge in [0, 0.05) is 13.2 Å². The summed E-state index contributed by atoms with van der Waals surface area (Å²) in [6, 6.07) is 7.66. The monoisotopic (exact) mass is 261 g/mol.